The molecule has 1 saturated heterocycles. The van der Waals surface area contributed by atoms with E-state index in [4.69, 9.17) is 11.6 Å². The molecule has 0 aliphatic carbocycles. The highest BCUT2D eigenvalue weighted by atomic mass is 79.9. The average molecular weight is 374 g/mol. The first-order chi connectivity index (χ1) is 10.1. The number of piperidine rings is 1. The predicted molar refractivity (Wildman–Crippen MR) is 91.0 cm³/mol. The van der Waals surface area contributed by atoms with E-state index in [2.05, 4.69) is 33.1 Å². The molecule has 3 nitrogen and oxygen atoms in total. The molecule has 1 N–H and O–H groups in total. The second-order valence-corrected chi connectivity index (χ2v) is 6.82. The number of amides is 1. The number of hydrogen-bond donors (Lipinski definition) is 1. The van der Waals surface area contributed by atoms with Crippen LogP contribution >= 0.6 is 27.5 Å². The second kappa shape index (κ2) is 8.16. The molecular formula is C16H22BrClN2O. The van der Waals surface area contributed by atoms with Gasteiger partial charge in [-0.1, -0.05) is 24.1 Å². The molecule has 0 bridgehead atoms. The second-order valence-electron chi connectivity index (χ2n) is 5.59. The molecule has 2 rings (SSSR count). The monoisotopic (exact) mass is 372 g/mol. The predicted octanol–water partition coefficient (Wildman–Crippen LogP) is 4.10. The summed E-state index contributed by atoms with van der Waals surface area (Å²) in [5, 5.41) is 3.42. The molecule has 1 unspecified atom stereocenters. The molecule has 0 saturated carbocycles. The molecule has 1 amide bonds. The summed E-state index contributed by atoms with van der Waals surface area (Å²) in [5.41, 5.74) is 0.525. The van der Waals surface area contributed by atoms with Crippen molar-refractivity contribution in [2.24, 2.45) is 0 Å². The lowest BCUT2D eigenvalue weighted by atomic mass is 10.0. The van der Waals surface area contributed by atoms with Gasteiger partial charge in [-0.15, -0.1) is 0 Å². The van der Waals surface area contributed by atoms with Gasteiger partial charge in [-0.05, 0) is 60.8 Å². The molecule has 0 spiro atoms. The molecule has 1 heterocycles. The van der Waals surface area contributed by atoms with E-state index in [1.165, 1.54) is 25.8 Å². The topological polar surface area (TPSA) is 32.3 Å². The van der Waals surface area contributed by atoms with E-state index in [0.29, 0.717) is 23.2 Å². The zero-order valence-corrected chi connectivity index (χ0v) is 14.7. The first kappa shape index (κ1) is 16.8. The molecule has 5 heteroatoms. The lowest BCUT2D eigenvalue weighted by molar-refractivity contribution is 0.0949. The van der Waals surface area contributed by atoms with E-state index < -0.39 is 0 Å². The van der Waals surface area contributed by atoms with Gasteiger partial charge in [-0.3, -0.25) is 4.79 Å². The summed E-state index contributed by atoms with van der Waals surface area (Å²) in [6.07, 6.45) is 4.90. The maximum Gasteiger partial charge on any atom is 0.252 e. The molecule has 1 atom stereocenters. The number of halogens is 2. The summed E-state index contributed by atoms with van der Waals surface area (Å²) >= 11 is 9.46. The number of benzene rings is 1. The van der Waals surface area contributed by atoms with Crippen LogP contribution in [0, 0.1) is 0 Å². The molecule has 1 aliphatic heterocycles. The van der Waals surface area contributed by atoms with Gasteiger partial charge in [-0.2, -0.15) is 0 Å². The fourth-order valence-electron chi connectivity index (χ4n) is 2.75. The number of carbonyl (C=O) groups is 1. The van der Waals surface area contributed by atoms with E-state index in [1.54, 1.807) is 6.07 Å². The van der Waals surface area contributed by atoms with Crippen molar-refractivity contribution >= 4 is 33.4 Å². The van der Waals surface area contributed by atoms with Crippen LogP contribution in [0.15, 0.2) is 22.7 Å². The number of carbonyl (C=O) groups excluding carboxylic acids is 1. The quantitative estimate of drug-likeness (QED) is 0.788. The summed E-state index contributed by atoms with van der Waals surface area (Å²) in [7, 11) is 0. The van der Waals surface area contributed by atoms with Gasteiger partial charge < -0.3 is 10.2 Å². The van der Waals surface area contributed by atoms with Crippen LogP contribution in [0.25, 0.3) is 0 Å². The van der Waals surface area contributed by atoms with Crippen LogP contribution in [-0.4, -0.2) is 36.5 Å². The molecule has 1 aromatic rings. The summed E-state index contributed by atoms with van der Waals surface area (Å²) in [6, 6.07) is 6.07. The maximum absolute atomic E-state index is 12.1. The van der Waals surface area contributed by atoms with E-state index in [1.807, 2.05) is 12.1 Å². The van der Waals surface area contributed by atoms with E-state index >= 15 is 0 Å². The third kappa shape index (κ3) is 4.70. The van der Waals surface area contributed by atoms with Gasteiger partial charge in [0.25, 0.3) is 5.91 Å². The van der Waals surface area contributed by atoms with Gasteiger partial charge in [0.2, 0.25) is 0 Å². The number of likely N-dealkylation sites (tertiary alicyclic amines) is 1. The fraction of sp³-hybridized carbons (Fsp3) is 0.562. The van der Waals surface area contributed by atoms with Gasteiger partial charge in [0, 0.05) is 23.6 Å². The Morgan fingerprint density at radius 2 is 2.29 bits per heavy atom. The van der Waals surface area contributed by atoms with E-state index in [9.17, 15) is 4.79 Å². The van der Waals surface area contributed by atoms with Crippen molar-refractivity contribution < 1.29 is 4.79 Å². The third-order valence-electron chi connectivity index (χ3n) is 4.04. The maximum atomic E-state index is 12.1. The lowest BCUT2D eigenvalue weighted by Crippen LogP contribution is -2.39. The van der Waals surface area contributed by atoms with Crippen LogP contribution in [0.1, 0.15) is 43.0 Å². The Balaban J connectivity index is 1.75. The van der Waals surface area contributed by atoms with Crippen molar-refractivity contribution in [1.29, 1.82) is 0 Å². The molecule has 1 aromatic carbocycles. The molecule has 0 aromatic heterocycles. The van der Waals surface area contributed by atoms with E-state index in [0.717, 1.165) is 17.4 Å². The standard InChI is InChI=1S/C16H22BrClN2O/c1-12-6-2-3-10-20(12)11-5-9-19-16(21)13-7-4-8-14(17)15(13)18/h4,7-8,12H,2-3,5-6,9-11H2,1H3,(H,19,21). The highest BCUT2D eigenvalue weighted by Gasteiger charge is 2.17. The molecule has 1 aliphatic rings. The average Bonchev–Trinajstić information content (AvgIpc) is 2.48. The Morgan fingerprint density at radius 3 is 3.05 bits per heavy atom. The van der Waals surface area contributed by atoms with Crippen molar-refractivity contribution in [2.45, 2.75) is 38.6 Å². The van der Waals surface area contributed by atoms with Crippen molar-refractivity contribution in [3.8, 4) is 0 Å². The molecule has 116 valence electrons. The summed E-state index contributed by atoms with van der Waals surface area (Å²) in [6.45, 7) is 5.21. The summed E-state index contributed by atoms with van der Waals surface area (Å²) < 4.78 is 0.749. The van der Waals surface area contributed by atoms with Gasteiger partial charge in [0.15, 0.2) is 0 Å². The zero-order chi connectivity index (χ0) is 15.2. The zero-order valence-electron chi connectivity index (χ0n) is 12.4. The van der Waals surface area contributed by atoms with Gasteiger partial charge >= 0.3 is 0 Å². The minimum atomic E-state index is -0.104. The van der Waals surface area contributed by atoms with Crippen molar-refractivity contribution in [2.75, 3.05) is 19.6 Å². The van der Waals surface area contributed by atoms with Crippen LogP contribution in [0.2, 0.25) is 5.02 Å². The SMILES string of the molecule is CC1CCCCN1CCCNC(=O)c1cccc(Br)c1Cl. The van der Waals surface area contributed by atoms with Gasteiger partial charge in [0.05, 0.1) is 10.6 Å². The van der Waals surface area contributed by atoms with Crippen LogP contribution in [0.3, 0.4) is 0 Å². The molecule has 1 fully saturated rings. The highest BCUT2D eigenvalue weighted by molar-refractivity contribution is 9.10. The smallest absolute Gasteiger partial charge is 0.252 e. The van der Waals surface area contributed by atoms with E-state index in [-0.39, 0.29) is 5.91 Å². The number of rotatable bonds is 5. The van der Waals surface area contributed by atoms with Gasteiger partial charge in [0.1, 0.15) is 0 Å². The Kier molecular flexibility index (Phi) is 6.52. The summed E-state index contributed by atoms with van der Waals surface area (Å²) in [4.78, 5) is 14.6. The Bertz CT molecular complexity index is 495. The lowest BCUT2D eigenvalue weighted by Gasteiger charge is -2.33. The number of nitrogens with one attached hydrogen (secondary N) is 1. The molecular weight excluding hydrogens is 352 g/mol. The Labute approximate surface area is 140 Å². The number of nitrogens with zero attached hydrogens (tertiary/aromatic N) is 1. The van der Waals surface area contributed by atoms with Crippen molar-refractivity contribution in [3.63, 3.8) is 0 Å². The van der Waals surface area contributed by atoms with Crippen molar-refractivity contribution in [1.82, 2.24) is 10.2 Å². The molecule has 0 radical (unpaired) electrons. The Hall–Kier alpha value is -0.580. The van der Waals surface area contributed by atoms with Crippen molar-refractivity contribution in [3.05, 3.63) is 33.3 Å². The fourth-order valence-corrected chi connectivity index (χ4v) is 3.33. The largest absolute Gasteiger partial charge is 0.352 e. The first-order valence-corrected chi connectivity index (χ1v) is 8.73. The minimum absolute atomic E-state index is 0.104. The van der Waals surface area contributed by atoms with Crippen LogP contribution < -0.4 is 5.32 Å². The third-order valence-corrected chi connectivity index (χ3v) is 5.34. The molecule has 21 heavy (non-hydrogen) atoms. The highest BCUT2D eigenvalue weighted by Crippen LogP contribution is 2.25. The van der Waals surface area contributed by atoms with Crippen LogP contribution in [0.5, 0.6) is 0 Å². The van der Waals surface area contributed by atoms with Crippen LogP contribution in [-0.2, 0) is 0 Å². The van der Waals surface area contributed by atoms with Gasteiger partial charge in [-0.25, -0.2) is 0 Å². The van der Waals surface area contributed by atoms with Crippen LogP contribution in [0.4, 0.5) is 0 Å². The normalized spacial score (nSPS) is 19.5. The Morgan fingerprint density at radius 1 is 1.48 bits per heavy atom. The summed E-state index contributed by atoms with van der Waals surface area (Å²) in [5.74, 6) is -0.104. The minimum Gasteiger partial charge on any atom is -0.352 e. The first-order valence-electron chi connectivity index (χ1n) is 7.56. The number of hydrogen-bond acceptors (Lipinski definition) is 2.